The Morgan fingerprint density at radius 1 is 1.47 bits per heavy atom. The average Bonchev–Trinajstić information content (AvgIpc) is 2.49. The first-order chi connectivity index (χ1) is 9.27. The van der Waals surface area contributed by atoms with Gasteiger partial charge in [0, 0.05) is 18.8 Å². The molecule has 1 aliphatic carbocycles. The van der Waals surface area contributed by atoms with Crippen molar-refractivity contribution in [3.8, 4) is 0 Å². The van der Waals surface area contributed by atoms with Gasteiger partial charge in [-0.1, -0.05) is 24.4 Å². The topological polar surface area (TPSA) is 74.7 Å². The van der Waals surface area contributed by atoms with Gasteiger partial charge in [-0.3, -0.25) is 0 Å². The molecule has 1 aromatic heterocycles. The third-order valence-electron chi connectivity index (χ3n) is 3.80. The van der Waals surface area contributed by atoms with Gasteiger partial charge in [-0.25, -0.2) is 4.98 Å². The molecule has 0 atom stereocenters. The van der Waals surface area contributed by atoms with Crippen molar-refractivity contribution in [2.45, 2.75) is 45.1 Å². The maximum absolute atomic E-state index is 8.89. The first-order valence-corrected chi connectivity index (χ1v) is 6.97. The largest absolute Gasteiger partial charge is 0.409 e. The zero-order chi connectivity index (χ0) is 13.7. The van der Waals surface area contributed by atoms with Gasteiger partial charge in [0.1, 0.15) is 5.82 Å². The molecule has 104 valence electrons. The molecule has 0 aromatic carbocycles. The molecule has 0 aliphatic heterocycles. The van der Waals surface area contributed by atoms with Crippen molar-refractivity contribution in [3.63, 3.8) is 0 Å². The summed E-state index contributed by atoms with van der Waals surface area (Å²) in [5, 5.41) is 12.0. The van der Waals surface area contributed by atoms with Gasteiger partial charge in [-0.05, 0) is 31.9 Å². The van der Waals surface area contributed by atoms with Crippen LogP contribution in [0.25, 0.3) is 0 Å². The van der Waals surface area contributed by atoms with Crippen LogP contribution in [0.15, 0.2) is 23.5 Å². The highest BCUT2D eigenvalue weighted by molar-refractivity contribution is 6.01. The molecule has 0 bridgehead atoms. The number of pyridine rings is 1. The lowest BCUT2D eigenvalue weighted by Gasteiger charge is -2.35. The second-order valence-corrected chi connectivity index (χ2v) is 4.94. The summed E-state index contributed by atoms with van der Waals surface area (Å²) in [6.07, 6.45) is 8.01. The molecular weight excluding hydrogens is 240 g/mol. The number of hydrogen-bond donors (Lipinski definition) is 2. The quantitative estimate of drug-likeness (QED) is 0.378. The van der Waals surface area contributed by atoms with E-state index in [9.17, 15) is 0 Å². The Balaban J connectivity index is 2.32. The van der Waals surface area contributed by atoms with Crippen molar-refractivity contribution >= 4 is 11.7 Å². The summed E-state index contributed by atoms with van der Waals surface area (Å²) in [4.78, 5) is 6.73. The van der Waals surface area contributed by atoms with Crippen LogP contribution < -0.4 is 10.6 Å². The first-order valence-electron chi connectivity index (χ1n) is 6.97. The molecule has 1 fully saturated rings. The van der Waals surface area contributed by atoms with E-state index in [-0.39, 0.29) is 5.84 Å². The number of rotatable bonds is 4. The summed E-state index contributed by atoms with van der Waals surface area (Å²) in [6, 6.07) is 4.17. The normalized spacial score (nSPS) is 17.4. The Kier molecular flexibility index (Phi) is 4.60. The van der Waals surface area contributed by atoms with Gasteiger partial charge >= 0.3 is 0 Å². The minimum absolute atomic E-state index is 0.123. The highest BCUT2D eigenvalue weighted by atomic mass is 16.4. The molecule has 1 heterocycles. The summed E-state index contributed by atoms with van der Waals surface area (Å²) in [7, 11) is 0. The lowest BCUT2D eigenvalue weighted by molar-refractivity contribution is 0.318. The zero-order valence-corrected chi connectivity index (χ0v) is 11.4. The SMILES string of the molecule is CCN(c1ncccc1/C(N)=N/O)C1CCCCC1. The van der Waals surface area contributed by atoms with Crippen LogP contribution in [0, 0.1) is 0 Å². The molecule has 1 aliphatic rings. The van der Waals surface area contributed by atoms with Gasteiger partial charge in [0.25, 0.3) is 0 Å². The number of nitrogens with zero attached hydrogens (tertiary/aromatic N) is 3. The summed E-state index contributed by atoms with van der Waals surface area (Å²) < 4.78 is 0. The summed E-state index contributed by atoms with van der Waals surface area (Å²) in [5.74, 6) is 0.949. The average molecular weight is 262 g/mol. The zero-order valence-electron chi connectivity index (χ0n) is 11.4. The second kappa shape index (κ2) is 6.41. The van der Waals surface area contributed by atoms with Crippen LogP contribution in [0.5, 0.6) is 0 Å². The van der Waals surface area contributed by atoms with E-state index >= 15 is 0 Å². The lowest BCUT2D eigenvalue weighted by atomic mass is 9.94. The molecule has 1 aromatic rings. The predicted octanol–water partition coefficient (Wildman–Crippen LogP) is 2.34. The molecule has 0 radical (unpaired) electrons. The molecule has 19 heavy (non-hydrogen) atoms. The van der Waals surface area contributed by atoms with Gasteiger partial charge in [0.15, 0.2) is 5.84 Å². The summed E-state index contributed by atoms with van der Waals surface area (Å²) in [5.41, 5.74) is 6.46. The van der Waals surface area contributed by atoms with Gasteiger partial charge in [0.05, 0.1) is 5.56 Å². The second-order valence-electron chi connectivity index (χ2n) is 4.94. The van der Waals surface area contributed by atoms with E-state index in [1.807, 2.05) is 12.1 Å². The standard InChI is InChI=1S/C14H22N4O/c1-2-18(11-7-4-3-5-8-11)14-12(13(15)17-19)9-6-10-16-14/h6,9-11,19H,2-5,7-8H2,1H3,(H2,15,17). The number of oxime groups is 1. The van der Waals surface area contributed by atoms with Gasteiger partial charge in [0.2, 0.25) is 0 Å². The Morgan fingerprint density at radius 3 is 2.84 bits per heavy atom. The Labute approximate surface area is 114 Å². The van der Waals surface area contributed by atoms with E-state index < -0.39 is 0 Å². The molecular formula is C14H22N4O. The minimum atomic E-state index is 0.123. The van der Waals surface area contributed by atoms with Gasteiger partial charge in [-0.15, -0.1) is 0 Å². The van der Waals surface area contributed by atoms with Crippen LogP contribution in [-0.4, -0.2) is 28.6 Å². The smallest absolute Gasteiger partial charge is 0.173 e. The minimum Gasteiger partial charge on any atom is -0.409 e. The van der Waals surface area contributed by atoms with Crippen LogP contribution in [0.4, 0.5) is 5.82 Å². The third kappa shape index (κ3) is 2.97. The molecule has 0 unspecified atom stereocenters. The number of anilines is 1. The highest BCUT2D eigenvalue weighted by Gasteiger charge is 2.23. The van der Waals surface area contributed by atoms with Crippen molar-refractivity contribution < 1.29 is 5.21 Å². The van der Waals surface area contributed by atoms with E-state index in [0.29, 0.717) is 11.6 Å². The molecule has 3 N–H and O–H groups in total. The maximum atomic E-state index is 8.89. The monoisotopic (exact) mass is 262 g/mol. The van der Waals surface area contributed by atoms with Crippen LogP contribution in [0.1, 0.15) is 44.6 Å². The lowest BCUT2D eigenvalue weighted by Crippen LogP contribution is -2.38. The number of amidine groups is 1. The van der Waals surface area contributed by atoms with Crippen molar-refractivity contribution in [1.29, 1.82) is 0 Å². The molecule has 5 nitrogen and oxygen atoms in total. The van der Waals surface area contributed by atoms with Crippen LogP contribution in [0.2, 0.25) is 0 Å². The fraction of sp³-hybridized carbons (Fsp3) is 0.571. The molecule has 1 saturated carbocycles. The van der Waals surface area contributed by atoms with Crippen molar-refractivity contribution in [2.24, 2.45) is 10.9 Å². The van der Waals surface area contributed by atoms with Crippen molar-refractivity contribution in [1.82, 2.24) is 4.98 Å². The van der Waals surface area contributed by atoms with Crippen molar-refractivity contribution in [3.05, 3.63) is 23.9 Å². The molecule has 2 rings (SSSR count). The van der Waals surface area contributed by atoms with E-state index in [1.54, 1.807) is 6.20 Å². The summed E-state index contributed by atoms with van der Waals surface area (Å²) >= 11 is 0. The molecule has 0 amide bonds. The van der Waals surface area contributed by atoms with E-state index in [4.69, 9.17) is 10.9 Å². The molecule has 0 spiro atoms. The van der Waals surface area contributed by atoms with Crippen molar-refractivity contribution in [2.75, 3.05) is 11.4 Å². The maximum Gasteiger partial charge on any atom is 0.173 e. The molecule has 0 saturated heterocycles. The fourth-order valence-corrected chi connectivity index (χ4v) is 2.85. The van der Waals surface area contributed by atoms with E-state index in [0.717, 1.165) is 12.4 Å². The summed E-state index contributed by atoms with van der Waals surface area (Å²) in [6.45, 7) is 3.01. The highest BCUT2D eigenvalue weighted by Crippen LogP contribution is 2.27. The van der Waals surface area contributed by atoms with Gasteiger partial charge < -0.3 is 15.8 Å². The van der Waals surface area contributed by atoms with Crippen LogP contribution in [0.3, 0.4) is 0 Å². The fourth-order valence-electron chi connectivity index (χ4n) is 2.85. The number of aromatic nitrogens is 1. The van der Waals surface area contributed by atoms with E-state index in [1.165, 1.54) is 32.1 Å². The Morgan fingerprint density at radius 2 is 2.21 bits per heavy atom. The third-order valence-corrected chi connectivity index (χ3v) is 3.80. The van der Waals surface area contributed by atoms with Crippen LogP contribution >= 0.6 is 0 Å². The molecule has 5 heteroatoms. The predicted molar refractivity (Wildman–Crippen MR) is 76.6 cm³/mol. The first kappa shape index (κ1) is 13.6. The van der Waals surface area contributed by atoms with E-state index in [2.05, 4.69) is 22.0 Å². The van der Waals surface area contributed by atoms with Gasteiger partial charge in [-0.2, -0.15) is 0 Å². The number of hydrogen-bond acceptors (Lipinski definition) is 4. The Bertz CT molecular complexity index is 441. The number of nitrogens with two attached hydrogens (primary N) is 1. The Hall–Kier alpha value is -1.78. The van der Waals surface area contributed by atoms with Crippen LogP contribution in [-0.2, 0) is 0 Å².